The van der Waals surface area contributed by atoms with Crippen LogP contribution in [-0.4, -0.2) is 17.2 Å². The van der Waals surface area contributed by atoms with E-state index in [1.807, 2.05) is 39.1 Å². The van der Waals surface area contributed by atoms with Crippen molar-refractivity contribution in [1.82, 2.24) is 15.5 Å². The molecule has 0 saturated carbocycles. The SMILES string of the molecule is CNC(C)c1nnc(Nc2ccc(C)c(Br)c2)o1. The van der Waals surface area contributed by atoms with Crippen molar-refractivity contribution in [2.24, 2.45) is 0 Å². The molecule has 0 radical (unpaired) electrons. The lowest BCUT2D eigenvalue weighted by molar-refractivity contribution is 0.443. The molecule has 0 bridgehead atoms. The number of anilines is 2. The summed E-state index contributed by atoms with van der Waals surface area (Å²) in [6.07, 6.45) is 0. The molecular weight excluding hydrogens is 296 g/mol. The minimum Gasteiger partial charge on any atom is -0.406 e. The zero-order valence-electron chi connectivity index (χ0n) is 10.5. The van der Waals surface area contributed by atoms with Crippen LogP contribution in [0.3, 0.4) is 0 Å². The molecule has 0 aliphatic carbocycles. The number of hydrogen-bond donors (Lipinski definition) is 2. The molecule has 96 valence electrons. The van der Waals surface area contributed by atoms with E-state index in [0.717, 1.165) is 10.2 Å². The topological polar surface area (TPSA) is 63.0 Å². The first-order valence-electron chi connectivity index (χ1n) is 5.64. The van der Waals surface area contributed by atoms with Gasteiger partial charge in [-0.05, 0) is 38.6 Å². The summed E-state index contributed by atoms with van der Waals surface area (Å²) >= 11 is 3.48. The largest absolute Gasteiger partial charge is 0.406 e. The molecule has 1 aromatic carbocycles. The molecule has 2 rings (SSSR count). The summed E-state index contributed by atoms with van der Waals surface area (Å²) in [6, 6.07) is 6.38. The van der Waals surface area contributed by atoms with E-state index in [4.69, 9.17) is 4.42 Å². The van der Waals surface area contributed by atoms with E-state index in [0.29, 0.717) is 11.9 Å². The van der Waals surface area contributed by atoms with Gasteiger partial charge in [0.05, 0.1) is 6.04 Å². The van der Waals surface area contributed by atoms with Crippen molar-refractivity contribution < 1.29 is 4.42 Å². The first-order chi connectivity index (χ1) is 8.60. The van der Waals surface area contributed by atoms with E-state index in [1.165, 1.54) is 5.56 Å². The Morgan fingerprint density at radius 3 is 2.78 bits per heavy atom. The molecule has 6 heteroatoms. The molecule has 18 heavy (non-hydrogen) atoms. The monoisotopic (exact) mass is 310 g/mol. The normalized spacial score (nSPS) is 12.4. The number of benzene rings is 1. The molecule has 1 atom stereocenters. The van der Waals surface area contributed by atoms with Gasteiger partial charge in [-0.2, -0.15) is 0 Å². The van der Waals surface area contributed by atoms with Gasteiger partial charge in [0.2, 0.25) is 5.89 Å². The minimum atomic E-state index is 0.0396. The van der Waals surface area contributed by atoms with E-state index in [1.54, 1.807) is 0 Å². The van der Waals surface area contributed by atoms with Crippen molar-refractivity contribution in [3.8, 4) is 0 Å². The highest BCUT2D eigenvalue weighted by Crippen LogP contribution is 2.23. The van der Waals surface area contributed by atoms with Gasteiger partial charge in [0.1, 0.15) is 0 Å². The number of rotatable bonds is 4. The van der Waals surface area contributed by atoms with E-state index in [9.17, 15) is 0 Å². The van der Waals surface area contributed by atoms with E-state index in [-0.39, 0.29) is 6.04 Å². The molecule has 1 heterocycles. The highest BCUT2D eigenvalue weighted by atomic mass is 79.9. The zero-order valence-corrected chi connectivity index (χ0v) is 12.1. The maximum Gasteiger partial charge on any atom is 0.320 e. The summed E-state index contributed by atoms with van der Waals surface area (Å²) in [5.74, 6) is 0.561. The fourth-order valence-electron chi connectivity index (χ4n) is 1.38. The molecule has 1 aromatic heterocycles. The summed E-state index contributed by atoms with van der Waals surface area (Å²) in [5.41, 5.74) is 2.08. The Labute approximate surface area is 114 Å². The van der Waals surface area contributed by atoms with E-state index in [2.05, 4.69) is 36.8 Å². The third-order valence-electron chi connectivity index (χ3n) is 2.67. The number of aromatic nitrogens is 2. The van der Waals surface area contributed by atoms with Crippen LogP contribution in [0.4, 0.5) is 11.7 Å². The van der Waals surface area contributed by atoms with E-state index < -0.39 is 0 Å². The molecule has 0 amide bonds. The number of nitrogens with zero attached hydrogens (tertiary/aromatic N) is 2. The molecule has 0 saturated heterocycles. The van der Waals surface area contributed by atoms with E-state index >= 15 is 0 Å². The Bertz CT molecular complexity index is 541. The number of nitrogens with one attached hydrogen (secondary N) is 2. The average Bonchev–Trinajstić information content (AvgIpc) is 2.81. The van der Waals surface area contributed by atoms with Crippen LogP contribution in [0, 0.1) is 6.92 Å². The molecule has 2 N–H and O–H groups in total. The predicted molar refractivity (Wildman–Crippen MR) is 73.9 cm³/mol. The molecule has 0 aliphatic heterocycles. The maximum absolute atomic E-state index is 5.50. The highest BCUT2D eigenvalue weighted by Gasteiger charge is 2.11. The third kappa shape index (κ3) is 2.88. The third-order valence-corrected chi connectivity index (χ3v) is 3.52. The molecule has 0 spiro atoms. The molecular formula is C12H15BrN4O. The van der Waals surface area contributed by atoms with Crippen LogP contribution in [-0.2, 0) is 0 Å². The Morgan fingerprint density at radius 2 is 2.11 bits per heavy atom. The average molecular weight is 311 g/mol. The molecule has 2 aromatic rings. The standard InChI is InChI=1S/C12H15BrN4O/c1-7-4-5-9(6-10(7)13)15-12-17-16-11(18-12)8(2)14-3/h4-6,8,14H,1-3H3,(H,15,17). The van der Waals surface area contributed by atoms with Crippen molar-refractivity contribution in [3.05, 3.63) is 34.1 Å². The lowest BCUT2D eigenvalue weighted by Crippen LogP contribution is -2.12. The van der Waals surface area contributed by atoms with Gasteiger partial charge in [-0.1, -0.05) is 27.1 Å². The predicted octanol–water partition coefficient (Wildman–Crippen LogP) is 3.16. The van der Waals surface area contributed by atoms with Gasteiger partial charge in [-0.15, -0.1) is 5.10 Å². The van der Waals surface area contributed by atoms with Gasteiger partial charge in [-0.25, -0.2) is 0 Å². The van der Waals surface area contributed by atoms with Gasteiger partial charge in [0.25, 0.3) is 0 Å². The molecule has 5 nitrogen and oxygen atoms in total. The van der Waals surface area contributed by atoms with Crippen molar-refractivity contribution in [2.45, 2.75) is 19.9 Å². The number of hydrogen-bond acceptors (Lipinski definition) is 5. The van der Waals surface area contributed by atoms with Gasteiger partial charge in [0, 0.05) is 10.2 Å². The van der Waals surface area contributed by atoms with Crippen molar-refractivity contribution in [2.75, 3.05) is 12.4 Å². The van der Waals surface area contributed by atoms with Crippen molar-refractivity contribution in [1.29, 1.82) is 0 Å². The second-order valence-corrected chi connectivity index (χ2v) is 4.90. The van der Waals surface area contributed by atoms with Crippen LogP contribution in [0.2, 0.25) is 0 Å². The van der Waals surface area contributed by atoms with Crippen LogP contribution in [0.25, 0.3) is 0 Å². The number of aryl methyl sites for hydroxylation is 1. The number of halogens is 1. The second kappa shape index (κ2) is 5.49. The lowest BCUT2D eigenvalue weighted by atomic mass is 10.2. The van der Waals surface area contributed by atoms with Gasteiger partial charge in [0.15, 0.2) is 0 Å². The lowest BCUT2D eigenvalue weighted by Gasteiger charge is -2.04. The first-order valence-corrected chi connectivity index (χ1v) is 6.43. The van der Waals surface area contributed by atoms with Gasteiger partial charge < -0.3 is 15.1 Å². The first kappa shape index (κ1) is 13.0. The maximum atomic E-state index is 5.50. The molecule has 0 fully saturated rings. The Balaban J connectivity index is 2.13. The second-order valence-electron chi connectivity index (χ2n) is 4.04. The van der Waals surface area contributed by atoms with Gasteiger partial charge >= 0.3 is 6.01 Å². The molecule has 1 unspecified atom stereocenters. The summed E-state index contributed by atoms with van der Waals surface area (Å²) in [6.45, 7) is 3.99. The summed E-state index contributed by atoms with van der Waals surface area (Å²) in [7, 11) is 1.85. The summed E-state index contributed by atoms with van der Waals surface area (Å²) in [5, 5.41) is 14.0. The Hall–Kier alpha value is -1.40. The van der Waals surface area contributed by atoms with Crippen molar-refractivity contribution >= 4 is 27.6 Å². The van der Waals surface area contributed by atoms with Crippen molar-refractivity contribution in [3.63, 3.8) is 0 Å². The smallest absolute Gasteiger partial charge is 0.320 e. The minimum absolute atomic E-state index is 0.0396. The zero-order chi connectivity index (χ0) is 13.1. The van der Waals surface area contributed by atoms with Crippen LogP contribution in [0.15, 0.2) is 27.1 Å². The highest BCUT2D eigenvalue weighted by molar-refractivity contribution is 9.10. The Morgan fingerprint density at radius 1 is 1.33 bits per heavy atom. The Kier molecular flexibility index (Phi) is 3.98. The van der Waals surface area contributed by atoms with Crippen LogP contribution < -0.4 is 10.6 Å². The van der Waals surface area contributed by atoms with Crippen LogP contribution in [0.5, 0.6) is 0 Å². The fraction of sp³-hybridized carbons (Fsp3) is 0.333. The summed E-state index contributed by atoms with van der Waals surface area (Å²) in [4.78, 5) is 0. The van der Waals surface area contributed by atoms with Crippen LogP contribution >= 0.6 is 15.9 Å². The van der Waals surface area contributed by atoms with Gasteiger partial charge in [-0.3, -0.25) is 0 Å². The fourth-order valence-corrected chi connectivity index (χ4v) is 1.76. The van der Waals surface area contributed by atoms with Crippen LogP contribution in [0.1, 0.15) is 24.4 Å². The quantitative estimate of drug-likeness (QED) is 0.908. The molecule has 0 aliphatic rings. The summed E-state index contributed by atoms with van der Waals surface area (Å²) < 4.78 is 6.54.